The standard InChI is InChI=1S/C30H32N2/c1-19(2)21-12-9-13-22(20(3)4)28(21)32-18-17-31-29(32)25-15-10-14-24-23-11-7-8-16-26(23)30(5,6)27(24)25/h7-20H,1-6H3. The zero-order chi connectivity index (χ0) is 22.6. The average molecular weight is 421 g/mol. The average Bonchev–Trinajstić information content (AvgIpc) is 3.35. The second-order valence-corrected chi connectivity index (χ2v) is 10.1. The van der Waals surface area contributed by atoms with Crippen LogP contribution in [0.4, 0.5) is 0 Å². The maximum Gasteiger partial charge on any atom is 0.144 e. The summed E-state index contributed by atoms with van der Waals surface area (Å²) in [5.74, 6) is 1.89. The van der Waals surface area contributed by atoms with Crippen molar-refractivity contribution in [3.05, 3.63) is 95.3 Å². The van der Waals surface area contributed by atoms with Crippen LogP contribution in [0.15, 0.2) is 73.1 Å². The zero-order valence-corrected chi connectivity index (χ0v) is 20.0. The van der Waals surface area contributed by atoms with Crippen molar-refractivity contribution in [1.29, 1.82) is 0 Å². The van der Waals surface area contributed by atoms with Crippen molar-refractivity contribution in [2.24, 2.45) is 0 Å². The molecule has 0 radical (unpaired) electrons. The van der Waals surface area contributed by atoms with Gasteiger partial charge in [0.1, 0.15) is 5.82 Å². The van der Waals surface area contributed by atoms with Gasteiger partial charge in [-0.05, 0) is 45.2 Å². The molecule has 5 rings (SSSR count). The molecule has 0 unspecified atom stereocenters. The van der Waals surface area contributed by atoms with E-state index in [1.165, 1.54) is 44.6 Å². The summed E-state index contributed by atoms with van der Waals surface area (Å²) >= 11 is 0. The Morgan fingerprint density at radius 1 is 0.719 bits per heavy atom. The van der Waals surface area contributed by atoms with Crippen LogP contribution in [0.25, 0.3) is 28.2 Å². The normalized spacial score (nSPS) is 14.1. The fourth-order valence-corrected chi connectivity index (χ4v) is 5.51. The molecule has 4 aromatic rings. The largest absolute Gasteiger partial charge is 0.299 e. The molecule has 32 heavy (non-hydrogen) atoms. The van der Waals surface area contributed by atoms with Gasteiger partial charge >= 0.3 is 0 Å². The predicted octanol–water partition coefficient (Wildman–Crippen LogP) is 8.09. The van der Waals surface area contributed by atoms with Gasteiger partial charge in [-0.15, -0.1) is 0 Å². The summed E-state index contributed by atoms with van der Waals surface area (Å²) in [6.07, 6.45) is 4.09. The van der Waals surface area contributed by atoms with Gasteiger partial charge in [0.15, 0.2) is 0 Å². The van der Waals surface area contributed by atoms with E-state index in [0.717, 1.165) is 5.82 Å². The van der Waals surface area contributed by atoms with Gasteiger partial charge in [0.25, 0.3) is 0 Å². The smallest absolute Gasteiger partial charge is 0.144 e. The third-order valence-electron chi connectivity index (χ3n) is 7.05. The van der Waals surface area contributed by atoms with Crippen LogP contribution in [0.5, 0.6) is 0 Å². The Labute approximate surface area is 192 Å². The van der Waals surface area contributed by atoms with E-state index in [0.29, 0.717) is 11.8 Å². The van der Waals surface area contributed by atoms with E-state index in [9.17, 15) is 0 Å². The number of rotatable bonds is 4. The molecular weight excluding hydrogens is 388 g/mol. The molecule has 0 spiro atoms. The summed E-state index contributed by atoms with van der Waals surface area (Å²) < 4.78 is 2.33. The first kappa shape index (κ1) is 20.8. The molecule has 1 aromatic heterocycles. The summed E-state index contributed by atoms with van der Waals surface area (Å²) in [5, 5.41) is 0. The lowest BCUT2D eigenvalue weighted by Gasteiger charge is -2.26. The van der Waals surface area contributed by atoms with Crippen molar-refractivity contribution >= 4 is 0 Å². The number of para-hydroxylation sites is 1. The molecule has 0 atom stereocenters. The first-order valence-corrected chi connectivity index (χ1v) is 11.7. The van der Waals surface area contributed by atoms with Crippen molar-refractivity contribution in [3.8, 4) is 28.2 Å². The second kappa shape index (κ2) is 7.48. The van der Waals surface area contributed by atoms with Crippen LogP contribution in [0.3, 0.4) is 0 Å². The number of hydrogen-bond donors (Lipinski definition) is 0. The summed E-state index contributed by atoms with van der Waals surface area (Å²) in [6, 6.07) is 22.3. The summed E-state index contributed by atoms with van der Waals surface area (Å²) in [6.45, 7) is 13.8. The maximum atomic E-state index is 4.93. The van der Waals surface area contributed by atoms with Gasteiger partial charge in [-0.2, -0.15) is 0 Å². The molecular formula is C30H32N2. The summed E-state index contributed by atoms with van der Waals surface area (Å²) in [5.41, 5.74) is 10.6. The molecule has 0 amide bonds. The second-order valence-electron chi connectivity index (χ2n) is 10.1. The molecule has 1 aliphatic carbocycles. The Morgan fingerprint density at radius 3 is 2.00 bits per heavy atom. The lowest BCUT2D eigenvalue weighted by Crippen LogP contribution is -2.17. The molecule has 0 aliphatic heterocycles. The van der Waals surface area contributed by atoms with Gasteiger partial charge in [0.05, 0.1) is 5.69 Å². The highest BCUT2D eigenvalue weighted by Gasteiger charge is 2.38. The topological polar surface area (TPSA) is 17.8 Å². The Morgan fingerprint density at radius 2 is 1.31 bits per heavy atom. The van der Waals surface area contributed by atoms with Crippen molar-refractivity contribution < 1.29 is 0 Å². The molecule has 3 aromatic carbocycles. The van der Waals surface area contributed by atoms with E-state index >= 15 is 0 Å². The van der Waals surface area contributed by atoms with Crippen LogP contribution >= 0.6 is 0 Å². The van der Waals surface area contributed by atoms with Crippen LogP contribution in [-0.4, -0.2) is 9.55 Å². The number of hydrogen-bond acceptors (Lipinski definition) is 1. The van der Waals surface area contributed by atoms with Crippen molar-refractivity contribution in [1.82, 2.24) is 9.55 Å². The number of nitrogens with zero attached hydrogens (tertiary/aromatic N) is 2. The third kappa shape index (κ3) is 2.97. The van der Waals surface area contributed by atoms with Crippen LogP contribution in [0.2, 0.25) is 0 Å². The first-order valence-electron chi connectivity index (χ1n) is 11.7. The molecule has 2 nitrogen and oxygen atoms in total. The number of aromatic nitrogens is 2. The molecule has 1 heterocycles. The van der Waals surface area contributed by atoms with Gasteiger partial charge in [0.2, 0.25) is 0 Å². The van der Waals surface area contributed by atoms with Gasteiger partial charge in [-0.1, -0.05) is 102 Å². The highest BCUT2D eigenvalue weighted by atomic mass is 15.1. The monoisotopic (exact) mass is 420 g/mol. The molecule has 162 valence electrons. The summed E-state index contributed by atoms with van der Waals surface area (Å²) in [4.78, 5) is 4.93. The van der Waals surface area contributed by atoms with Crippen molar-refractivity contribution in [3.63, 3.8) is 0 Å². The van der Waals surface area contributed by atoms with Crippen LogP contribution in [0.1, 0.15) is 75.6 Å². The Kier molecular flexibility index (Phi) is 4.85. The number of fused-ring (bicyclic) bond motifs is 3. The van der Waals surface area contributed by atoms with E-state index in [1.54, 1.807) is 0 Å². The van der Waals surface area contributed by atoms with E-state index in [1.807, 2.05) is 6.20 Å². The van der Waals surface area contributed by atoms with E-state index in [-0.39, 0.29) is 5.41 Å². The van der Waals surface area contributed by atoms with E-state index < -0.39 is 0 Å². The lowest BCUT2D eigenvalue weighted by atomic mass is 9.80. The minimum atomic E-state index is -0.0717. The van der Waals surface area contributed by atoms with Crippen molar-refractivity contribution in [2.75, 3.05) is 0 Å². The fourth-order valence-electron chi connectivity index (χ4n) is 5.51. The van der Waals surface area contributed by atoms with Crippen LogP contribution < -0.4 is 0 Å². The SMILES string of the molecule is CC(C)c1cccc(C(C)C)c1-n1ccnc1-c1cccc2c1C(C)(C)c1ccccc1-2. The zero-order valence-electron chi connectivity index (χ0n) is 20.0. The Balaban J connectivity index is 1.79. The molecule has 0 fully saturated rings. The quantitative estimate of drug-likeness (QED) is 0.326. The molecule has 1 aliphatic rings. The van der Waals surface area contributed by atoms with Gasteiger partial charge in [-0.25, -0.2) is 4.98 Å². The lowest BCUT2D eigenvalue weighted by molar-refractivity contribution is 0.661. The molecule has 2 heteroatoms. The number of imidazole rings is 1. The minimum absolute atomic E-state index is 0.0717. The highest BCUT2D eigenvalue weighted by molar-refractivity contribution is 5.87. The Hall–Kier alpha value is -3.13. The fraction of sp³-hybridized carbons (Fsp3) is 0.300. The van der Waals surface area contributed by atoms with Gasteiger partial charge < -0.3 is 0 Å². The third-order valence-corrected chi connectivity index (χ3v) is 7.05. The molecule has 0 bridgehead atoms. The molecule has 0 N–H and O–H groups in total. The predicted molar refractivity (Wildman–Crippen MR) is 135 cm³/mol. The summed E-state index contributed by atoms with van der Waals surface area (Å²) in [7, 11) is 0. The van der Waals surface area contributed by atoms with Crippen LogP contribution in [-0.2, 0) is 5.41 Å². The Bertz CT molecular complexity index is 1280. The number of benzene rings is 3. The van der Waals surface area contributed by atoms with E-state index in [2.05, 4.69) is 113 Å². The van der Waals surface area contributed by atoms with Crippen LogP contribution in [0, 0.1) is 0 Å². The first-order chi connectivity index (χ1) is 15.3. The molecule has 0 saturated heterocycles. The van der Waals surface area contributed by atoms with E-state index in [4.69, 9.17) is 4.98 Å². The van der Waals surface area contributed by atoms with Crippen molar-refractivity contribution in [2.45, 2.75) is 58.8 Å². The van der Waals surface area contributed by atoms with Gasteiger partial charge in [-0.3, -0.25) is 4.57 Å². The van der Waals surface area contributed by atoms with Gasteiger partial charge in [0, 0.05) is 23.4 Å². The highest BCUT2D eigenvalue weighted by Crippen LogP contribution is 2.52. The molecule has 0 saturated carbocycles. The minimum Gasteiger partial charge on any atom is -0.299 e. The maximum absolute atomic E-state index is 4.93.